The number of carbonyl (C=O) groups excluding carboxylic acids is 1. The molecule has 0 saturated carbocycles. The van der Waals surface area contributed by atoms with Crippen LogP contribution < -0.4 is 10.5 Å². The second kappa shape index (κ2) is 5.97. The molecule has 0 radical (unpaired) electrons. The zero-order valence-corrected chi connectivity index (χ0v) is 10.7. The molecule has 17 heavy (non-hydrogen) atoms. The summed E-state index contributed by atoms with van der Waals surface area (Å²) in [5.41, 5.74) is -1.13. The van der Waals surface area contributed by atoms with Crippen LogP contribution in [-0.2, 0) is 19.6 Å². The van der Waals surface area contributed by atoms with Crippen molar-refractivity contribution in [3.63, 3.8) is 0 Å². The Morgan fingerprint density at radius 1 is 1.35 bits per heavy atom. The monoisotopic (exact) mass is 266 g/mol. The number of sulfonamides is 1. The Balaban J connectivity index is 3.94. The molecule has 0 aliphatic heterocycles. The Kier molecular flexibility index (Phi) is 5.56. The zero-order chi connectivity index (χ0) is 13.7. The molecule has 0 heterocycles. The van der Waals surface area contributed by atoms with E-state index in [0.29, 0.717) is 0 Å². The third kappa shape index (κ3) is 7.70. The fraction of sp³-hybridized carbons (Fsp3) is 0.778. The molecule has 8 heteroatoms. The summed E-state index contributed by atoms with van der Waals surface area (Å²) < 4.78 is 21.2. The van der Waals surface area contributed by atoms with Crippen LogP contribution in [0.15, 0.2) is 0 Å². The van der Waals surface area contributed by atoms with Crippen molar-refractivity contribution >= 4 is 21.9 Å². The maximum absolute atomic E-state index is 11.3. The second-order valence-electron chi connectivity index (χ2n) is 4.44. The van der Waals surface area contributed by atoms with Crippen molar-refractivity contribution in [1.82, 2.24) is 5.32 Å². The fourth-order valence-corrected chi connectivity index (χ4v) is 1.59. The molecular weight excluding hydrogens is 248 g/mol. The molecule has 0 unspecified atom stereocenters. The SMILES string of the molecule is CC(C)(CC(=O)NCCCS(N)(=O)=O)C(=O)O. The van der Waals surface area contributed by atoms with E-state index in [1.165, 1.54) is 13.8 Å². The average molecular weight is 266 g/mol. The lowest BCUT2D eigenvalue weighted by molar-refractivity contribution is -0.149. The van der Waals surface area contributed by atoms with Gasteiger partial charge in [-0.3, -0.25) is 9.59 Å². The second-order valence-corrected chi connectivity index (χ2v) is 6.17. The summed E-state index contributed by atoms with van der Waals surface area (Å²) in [7, 11) is -3.52. The average Bonchev–Trinajstić information content (AvgIpc) is 2.10. The molecular formula is C9H18N2O5S. The van der Waals surface area contributed by atoms with Crippen LogP contribution in [0.1, 0.15) is 26.7 Å². The van der Waals surface area contributed by atoms with Gasteiger partial charge in [0.15, 0.2) is 0 Å². The Labute approximate surface area is 100 Å². The maximum Gasteiger partial charge on any atom is 0.309 e. The maximum atomic E-state index is 11.3. The van der Waals surface area contributed by atoms with E-state index >= 15 is 0 Å². The van der Waals surface area contributed by atoms with E-state index in [1.54, 1.807) is 0 Å². The van der Waals surface area contributed by atoms with Crippen LogP contribution in [0.3, 0.4) is 0 Å². The lowest BCUT2D eigenvalue weighted by Gasteiger charge is -2.18. The first-order chi connectivity index (χ1) is 7.54. The third-order valence-corrected chi connectivity index (χ3v) is 2.97. The van der Waals surface area contributed by atoms with E-state index in [9.17, 15) is 18.0 Å². The summed E-state index contributed by atoms with van der Waals surface area (Å²) in [6.45, 7) is 3.05. The normalized spacial score (nSPS) is 12.2. The van der Waals surface area contributed by atoms with Gasteiger partial charge in [0.2, 0.25) is 15.9 Å². The number of carboxylic acids is 1. The number of amides is 1. The van der Waals surface area contributed by atoms with Gasteiger partial charge in [-0.25, -0.2) is 13.6 Å². The van der Waals surface area contributed by atoms with Gasteiger partial charge >= 0.3 is 5.97 Å². The van der Waals surface area contributed by atoms with Crippen molar-refractivity contribution in [3.05, 3.63) is 0 Å². The first kappa shape index (κ1) is 15.9. The first-order valence-corrected chi connectivity index (χ1v) is 6.77. The zero-order valence-electron chi connectivity index (χ0n) is 9.89. The highest BCUT2D eigenvalue weighted by Crippen LogP contribution is 2.19. The van der Waals surface area contributed by atoms with E-state index in [2.05, 4.69) is 5.32 Å². The molecule has 1 amide bonds. The number of carboxylic acid groups (broad SMARTS) is 1. The van der Waals surface area contributed by atoms with Gasteiger partial charge in [-0.2, -0.15) is 0 Å². The van der Waals surface area contributed by atoms with Gasteiger partial charge in [0.25, 0.3) is 0 Å². The van der Waals surface area contributed by atoms with Crippen molar-refractivity contribution < 1.29 is 23.1 Å². The van der Waals surface area contributed by atoms with Crippen molar-refractivity contribution in [1.29, 1.82) is 0 Å². The predicted octanol–water partition coefficient (Wildman–Crippen LogP) is -0.718. The molecule has 0 rings (SSSR count). The van der Waals surface area contributed by atoms with Crippen LogP contribution in [0.2, 0.25) is 0 Å². The van der Waals surface area contributed by atoms with Crippen LogP contribution in [0.5, 0.6) is 0 Å². The molecule has 100 valence electrons. The Morgan fingerprint density at radius 2 is 1.88 bits per heavy atom. The highest BCUT2D eigenvalue weighted by atomic mass is 32.2. The molecule has 4 N–H and O–H groups in total. The standard InChI is InChI=1S/C9H18N2O5S/c1-9(2,8(13)14)6-7(12)11-4-3-5-17(10,15)16/h3-6H2,1-2H3,(H,11,12)(H,13,14)(H2,10,15,16). The van der Waals surface area contributed by atoms with Gasteiger partial charge in [0.1, 0.15) is 0 Å². The summed E-state index contributed by atoms with van der Waals surface area (Å²) in [6.07, 6.45) is 0.0514. The van der Waals surface area contributed by atoms with Crippen molar-refractivity contribution in [3.8, 4) is 0 Å². The number of rotatable bonds is 7. The molecule has 0 aromatic rings. The van der Waals surface area contributed by atoms with E-state index in [4.69, 9.17) is 10.2 Å². The lowest BCUT2D eigenvalue weighted by Crippen LogP contribution is -2.34. The Morgan fingerprint density at radius 3 is 2.29 bits per heavy atom. The largest absolute Gasteiger partial charge is 0.481 e. The number of nitrogens with two attached hydrogens (primary N) is 1. The quantitative estimate of drug-likeness (QED) is 0.524. The van der Waals surface area contributed by atoms with E-state index < -0.39 is 27.3 Å². The molecule has 0 bridgehead atoms. The van der Waals surface area contributed by atoms with Crippen LogP contribution in [0, 0.1) is 5.41 Å². The molecule has 0 aliphatic carbocycles. The van der Waals surface area contributed by atoms with Gasteiger partial charge in [-0.1, -0.05) is 0 Å². The van der Waals surface area contributed by atoms with Crippen molar-refractivity contribution in [2.45, 2.75) is 26.7 Å². The minimum atomic E-state index is -3.52. The minimum Gasteiger partial charge on any atom is -0.481 e. The Hall–Kier alpha value is -1.15. The third-order valence-electron chi connectivity index (χ3n) is 2.11. The number of hydrogen-bond donors (Lipinski definition) is 3. The smallest absolute Gasteiger partial charge is 0.309 e. The molecule has 0 atom stereocenters. The number of nitrogens with one attached hydrogen (secondary N) is 1. The fourth-order valence-electron chi connectivity index (χ4n) is 1.04. The van der Waals surface area contributed by atoms with Gasteiger partial charge < -0.3 is 10.4 Å². The summed E-state index contributed by atoms with van der Waals surface area (Å²) in [5.74, 6) is -1.70. The summed E-state index contributed by atoms with van der Waals surface area (Å²) in [4.78, 5) is 22.1. The number of primary sulfonamides is 1. The van der Waals surface area contributed by atoms with Gasteiger partial charge in [-0.05, 0) is 20.3 Å². The summed E-state index contributed by atoms with van der Waals surface area (Å²) >= 11 is 0. The van der Waals surface area contributed by atoms with Crippen molar-refractivity contribution in [2.75, 3.05) is 12.3 Å². The van der Waals surface area contributed by atoms with Crippen LogP contribution in [0.4, 0.5) is 0 Å². The van der Waals surface area contributed by atoms with E-state index in [0.717, 1.165) is 0 Å². The van der Waals surface area contributed by atoms with Gasteiger partial charge in [0, 0.05) is 13.0 Å². The van der Waals surface area contributed by atoms with Crippen LogP contribution >= 0.6 is 0 Å². The minimum absolute atomic E-state index is 0.155. The molecule has 0 aromatic carbocycles. The lowest BCUT2D eigenvalue weighted by atomic mass is 9.89. The van der Waals surface area contributed by atoms with E-state index in [-0.39, 0.29) is 25.1 Å². The molecule has 0 aromatic heterocycles. The number of hydrogen-bond acceptors (Lipinski definition) is 4. The van der Waals surface area contributed by atoms with E-state index in [1.807, 2.05) is 0 Å². The molecule has 7 nitrogen and oxygen atoms in total. The molecule has 0 saturated heterocycles. The van der Waals surface area contributed by atoms with Crippen LogP contribution in [-0.4, -0.2) is 37.7 Å². The molecule has 0 spiro atoms. The number of aliphatic carboxylic acids is 1. The first-order valence-electron chi connectivity index (χ1n) is 5.05. The van der Waals surface area contributed by atoms with Crippen LogP contribution in [0.25, 0.3) is 0 Å². The highest BCUT2D eigenvalue weighted by molar-refractivity contribution is 7.89. The molecule has 0 fully saturated rings. The molecule has 0 aliphatic rings. The van der Waals surface area contributed by atoms with Gasteiger partial charge in [0.05, 0.1) is 11.2 Å². The summed E-state index contributed by atoms with van der Waals surface area (Å²) in [5, 5.41) is 16.0. The van der Waals surface area contributed by atoms with Crippen molar-refractivity contribution in [2.24, 2.45) is 10.6 Å². The summed E-state index contributed by atoms with van der Waals surface area (Å²) in [6, 6.07) is 0. The number of carbonyl (C=O) groups is 2. The Bertz CT molecular complexity index is 388. The highest BCUT2D eigenvalue weighted by Gasteiger charge is 2.29. The van der Waals surface area contributed by atoms with Gasteiger partial charge in [-0.15, -0.1) is 0 Å². The predicted molar refractivity (Wildman–Crippen MR) is 61.6 cm³/mol. The topological polar surface area (TPSA) is 127 Å².